The summed E-state index contributed by atoms with van der Waals surface area (Å²) < 4.78 is 4.91. The molecule has 0 aliphatic rings. The van der Waals surface area contributed by atoms with E-state index < -0.39 is 0 Å². The lowest BCUT2D eigenvalue weighted by atomic mass is 10.1. The van der Waals surface area contributed by atoms with Crippen molar-refractivity contribution in [3.8, 4) is 0 Å². The van der Waals surface area contributed by atoms with Crippen LogP contribution in [0, 0.1) is 6.92 Å². The van der Waals surface area contributed by atoms with Crippen LogP contribution in [-0.4, -0.2) is 21.7 Å². The normalized spacial score (nSPS) is 12.6. The topological polar surface area (TPSA) is 63.8 Å². The SMILES string of the molecule is Cc1nc(CCNC(C)c2ccncc2)no1. The fraction of sp³-hybridized carbons (Fsp3) is 0.417. The molecule has 0 spiro atoms. The van der Waals surface area contributed by atoms with Crippen molar-refractivity contribution in [1.82, 2.24) is 20.4 Å². The van der Waals surface area contributed by atoms with Crippen LogP contribution in [-0.2, 0) is 6.42 Å². The lowest BCUT2D eigenvalue weighted by Gasteiger charge is -2.12. The average Bonchev–Trinajstić information content (AvgIpc) is 2.76. The molecule has 0 aliphatic heterocycles. The quantitative estimate of drug-likeness (QED) is 0.849. The van der Waals surface area contributed by atoms with E-state index in [1.54, 1.807) is 19.3 Å². The van der Waals surface area contributed by atoms with Gasteiger partial charge in [-0.15, -0.1) is 0 Å². The number of pyridine rings is 1. The minimum atomic E-state index is 0.297. The molecule has 5 heteroatoms. The molecule has 0 radical (unpaired) electrons. The first-order valence-electron chi connectivity index (χ1n) is 5.68. The Bertz CT molecular complexity index is 455. The number of nitrogens with zero attached hydrogens (tertiary/aromatic N) is 3. The van der Waals surface area contributed by atoms with E-state index >= 15 is 0 Å². The van der Waals surface area contributed by atoms with Gasteiger partial charge in [-0.1, -0.05) is 5.16 Å². The van der Waals surface area contributed by atoms with Gasteiger partial charge in [0.15, 0.2) is 5.82 Å². The zero-order chi connectivity index (χ0) is 12.1. The monoisotopic (exact) mass is 232 g/mol. The summed E-state index contributed by atoms with van der Waals surface area (Å²) >= 11 is 0. The van der Waals surface area contributed by atoms with Crippen molar-refractivity contribution in [3.05, 3.63) is 41.8 Å². The molecule has 1 N–H and O–H groups in total. The zero-order valence-corrected chi connectivity index (χ0v) is 10.1. The van der Waals surface area contributed by atoms with Crippen molar-refractivity contribution in [3.63, 3.8) is 0 Å². The molecule has 0 amide bonds. The van der Waals surface area contributed by atoms with Crippen molar-refractivity contribution >= 4 is 0 Å². The van der Waals surface area contributed by atoms with Crippen LogP contribution in [0.5, 0.6) is 0 Å². The Morgan fingerprint density at radius 3 is 2.76 bits per heavy atom. The van der Waals surface area contributed by atoms with E-state index in [-0.39, 0.29) is 0 Å². The summed E-state index contributed by atoms with van der Waals surface area (Å²) in [6.45, 7) is 4.74. The largest absolute Gasteiger partial charge is 0.340 e. The smallest absolute Gasteiger partial charge is 0.223 e. The molecule has 2 heterocycles. The van der Waals surface area contributed by atoms with Gasteiger partial charge in [0.2, 0.25) is 5.89 Å². The molecule has 5 nitrogen and oxygen atoms in total. The van der Waals surface area contributed by atoms with E-state index in [1.807, 2.05) is 12.1 Å². The minimum absolute atomic E-state index is 0.297. The van der Waals surface area contributed by atoms with Crippen molar-refractivity contribution in [1.29, 1.82) is 0 Å². The summed E-state index contributed by atoms with van der Waals surface area (Å²) in [6.07, 6.45) is 4.37. The predicted octanol–water partition coefficient (Wildman–Crippen LogP) is 1.67. The first-order valence-corrected chi connectivity index (χ1v) is 5.68. The maximum Gasteiger partial charge on any atom is 0.223 e. The molecule has 1 atom stereocenters. The van der Waals surface area contributed by atoms with E-state index in [0.717, 1.165) is 18.8 Å². The molecule has 0 fully saturated rings. The van der Waals surface area contributed by atoms with Crippen molar-refractivity contribution in [2.24, 2.45) is 0 Å². The summed E-state index contributed by atoms with van der Waals surface area (Å²) in [7, 11) is 0. The summed E-state index contributed by atoms with van der Waals surface area (Å²) in [5.41, 5.74) is 1.23. The predicted molar refractivity (Wildman–Crippen MR) is 63.4 cm³/mol. The maximum atomic E-state index is 4.91. The lowest BCUT2D eigenvalue weighted by Crippen LogP contribution is -2.21. The van der Waals surface area contributed by atoms with E-state index in [9.17, 15) is 0 Å². The Hall–Kier alpha value is -1.75. The van der Waals surface area contributed by atoms with E-state index in [4.69, 9.17) is 4.52 Å². The third-order valence-electron chi connectivity index (χ3n) is 2.57. The molecule has 0 saturated carbocycles. The second-order valence-corrected chi connectivity index (χ2v) is 3.94. The van der Waals surface area contributed by atoms with Crippen LogP contribution < -0.4 is 5.32 Å². The summed E-state index contributed by atoms with van der Waals surface area (Å²) in [5.74, 6) is 1.36. The minimum Gasteiger partial charge on any atom is -0.340 e. The lowest BCUT2D eigenvalue weighted by molar-refractivity contribution is 0.386. The summed E-state index contributed by atoms with van der Waals surface area (Å²) in [4.78, 5) is 8.15. The van der Waals surface area contributed by atoms with E-state index in [0.29, 0.717) is 11.9 Å². The number of aryl methyl sites for hydroxylation is 1. The van der Waals surface area contributed by atoms with Gasteiger partial charge in [0, 0.05) is 38.3 Å². The zero-order valence-electron chi connectivity index (χ0n) is 10.1. The number of hydrogen-bond donors (Lipinski definition) is 1. The molecule has 0 bridgehead atoms. The fourth-order valence-electron chi connectivity index (χ4n) is 1.61. The van der Waals surface area contributed by atoms with Gasteiger partial charge >= 0.3 is 0 Å². The first-order chi connectivity index (χ1) is 8.25. The molecule has 0 aliphatic carbocycles. The molecule has 0 saturated heterocycles. The Morgan fingerprint density at radius 1 is 1.35 bits per heavy atom. The van der Waals surface area contributed by atoms with Crippen LogP contribution in [0.25, 0.3) is 0 Å². The molecule has 1 unspecified atom stereocenters. The highest BCUT2D eigenvalue weighted by molar-refractivity contribution is 5.13. The fourth-order valence-corrected chi connectivity index (χ4v) is 1.61. The van der Waals surface area contributed by atoms with Gasteiger partial charge < -0.3 is 9.84 Å². The van der Waals surface area contributed by atoms with Crippen LogP contribution >= 0.6 is 0 Å². The Kier molecular flexibility index (Phi) is 3.82. The Morgan fingerprint density at radius 2 is 2.12 bits per heavy atom. The number of aromatic nitrogens is 3. The molecule has 2 aromatic rings. The van der Waals surface area contributed by atoms with Gasteiger partial charge in [0.1, 0.15) is 0 Å². The van der Waals surface area contributed by atoms with Gasteiger partial charge in [-0.25, -0.2) is 0 Å². The maximum absolute atomic E-state index is 4.91. The Balaban J connectivity index is 1.79. The van der Waals surface area contributed by atoms with Crippen molar-refractivity contribution in [2.75, 3.05) is 6.54 Å². The van der Waals surface area contributed by atoms with Crippen LogP contribution in [0.2, 0.25) is 0 Å². The van der Waals surface area contributed by atoms with Gasteiger partial charge in [-0.2, -0.15) is 4.98 Å². The van der Waals surface area contributed by atoms with E-state index in [2.05, 4.69) is 27.4 Å². The summed E-state index contributed by atoms with van der Waals surface area (Å²) in [6, 6.07) is 4.32. The molecule has 2 aromatic heterocycles. The van der Waals surface area contributed by atoms with Gasteiger partial charge in [0.25, 0.3) is 0 Å². The third kappa shape index (κ3) is 3.35. The number of hydrogen-bond acceptors (Lipinski definition) is 5. The average molecular weight is 232 g/mol. The molecular weight excluding hydrogens is 216 g/mol. The second kappa shape index (κ2) is 5.54. The highest BCUT2D eigenvalue weighted by Gasteiger charge is 2.05. The number of rotatable bonds is 5. The highest BCUT2D eigenvalue weighted by Crippen LogP contribution is 2.09. The molecule has 17 heavy (non-hydrogen) atoms. The summed E-state index contributed by atoms with van der Waals surface area (Å²) in [5, 5.41) is 7.26. The first kappa shape index (κ1) is 11.7. The number of nitrogens with one attached hydrogen (secondary N) is 1. The van der Waals surface area contributed by atoms with Gasteiger partial charge in [-0.05, 0) is 24.6 Å². The van der Waals surface area contributed by atoms with Crippen LogP contribution in [0.3, 0.4) is 0 Å². The van der Waals surface area contributed by atoms with Crippen LogP contribution in [0.15, 0.2) is 29.0 Å². The van der Waals surface area contributed by atoms with Gasteiger partial charge in [-0.3, -0.25) is 4.98 Å². The van der Waals surface area contributed by atoms with Gasteiger partial charge in [0.05, 0.1) is 0 Å². The van der Waals surface area contributed by atoms with E-state index in [1.165, 1.54) is 5.56 Å². The third-order valence-corrected chi connectivity index (χ3v) is 2.57. The highest BCUT2D eigenvalue weighted by atomic mass is 16.5. The molecule has 2 rings (SSSR count). The molecule has 0 aromatic carbocycles. The molecule has 90 valence electrons. The van der Waals surface area contributed by atoms with Crippen LogP contribution in [0.1, 0.15) is 30.2 Å². The Labute approximate surface area is 100 Å². The van der Waals surface area contributed by atoms with Crippen molar-refractivity contribution < 1.29 is 4.52 Å². The van der Waals surface area contributed by atoms with Crippen LogP contribution in [0.4, 0.5) is 0 Å². The second-order valence-electron chi connectivity index (χ2n) is 3.94. The van der Waals surface area contributed by atoms with Crippen molar-refractivity contribution in [2.45, 2.75) is 26.3 Å². The molecular formula is C12H16N4O. The standard InChI is InChI=1S/C12H16N4O/c1-9(11-3-6-13-7-4-11)14-8-5-12-15-10(2)17-16-12/h3-4,6-7,9,14H,5,8H2,1-2H3.